The zero-order valence-electron chi connectivity index (χ0n) is 10.3. The van der Waals surface area contributed by atoms with E-state index in [-0.39, 0.29) is 11.5 Å². The molecule has 0 unspecified atom stereocenters. The number of hydrogen-bond donors (Lipinski definition) is 1. The Bertz CT molecular complexity index is 662. The average Bonchev–Trinajstić information content (AvgIpc) is 2.43. The lowest BCUT2D eigenvalue weighted by molar-refractivity contribution is 0.0954. The zero-order valence-corrected chi connectivity index (χ0v) is 10.3. The zero-order chi connectivity index (χ0) is 13.7. The van der Waals surface area contributed by atoms with Crippen LogP contribution in [0.3, 0.4) is 0 Å². The van der Waals surface area contributed by atoms with Crippen molar-refractivity contribution in [2.75, 3.05) is 0 Å². The molecule has 6 nitrogen and oxygen atoms in total. The van der Waals surface area contributed by atoms with E-state index in [1.54, 1.807) is 25.4 Å². The van der Waals surface area contributed by atoms with Crippen molar-refractivity contribution in [1.82, 2.24) is 15.0 Å². The highest BCUT2D eigenvalue weighted by atomic mass is 16.2. The third-order valence-electron chi connectivity index (χ3n) is 2.40. The SMILES string of the molecule is Cn1cc(C(=O)NN=Cc2ccccn2)ccc1=O. The number of aryl methyl sites for hydroxylation is 1. The standard InChI is InChI=1S/C13H12N4O2/c1-17-9-10(5-6-12(17)18)13(19)16-15-8-11-4-2-3-7-14-11/h2-9H,1H3,(H,16,19). The second-order valence-corrected chi connectivity index (χ2v) is 3.82. The maximum Gasteiger partial charge on any atom is 0.272 e. The van der Waals surface area contributed by atoms with Gasteiger partial charge < -0.3 is 4.57 Å². The first kappa shape index (κ1) is 12.7. The van der Waals surface area contributed by atoms with Gasteiger partial charge in [0.1, 0.15) is 0 Å². The van der Waals surface area contributed by atoms with Crippen LogP contribution in [-0.2, 0) is 7.05 Å². The van der Waals surface area contributed by atoms with E-state index in [0.29, 0.717) is 11.3 Å². The minimum atomic E-state index is -0.386. The van der Waals surface area contributed by atoms with Crippen molar-refractivity contribution < 1.29 is 4.79 Å². The number of hydrazone groups is 1. The van der Waals surface area contributed by atoms with Crippen LogP contribution >= 0.6 is 0 Å². The summed E-state index contributed by atoms with van der Waals surface area (Å²) in [5.74, 6) is -0.386. The fourth-order valence-corrected chi connectivity index (χ4v) is 1.40. The number of rotatable bonds is 3. The fourth-order valence-electron chi connectivity index (χ4n) is 1.40. The second-order valence-electron chi connectivity index (χ2n) is 3.82. The van der Waals surface area contributed by atoms with Crippen LogP contribution in [0, 0.1) is 0 Å². The fraction of sp³-hybridized carbons (Fsp3) is 0.0769. The molecule has 96 valence electrons. The molecule has 0 bridgehead atoms. The molecule has 2 heterocycles. The number of nitrogens with zero attached hydrogens (tertiary/aromatic N) is 3. The molecule has 1 N–H and O–H groups in total. The molecule has 0 fully saturated rings. The van der Waals surface area contributed by atoms with E-state index in [4.69, 9.17) is 0 Å². The summed E-state index contributed by atoms with van der Waals surface area (Å²) in [6.45, 7) is 0. The Morgan fingerprint density at radius 2 is 2.21 bits per heavy atom. The monoisotopic (exact) mass is 256 g/mol. The molecule has 0 aliphatic rings. The Balaban J connectivity index is 2.03. The molecule has 0 aliphatic carbocycles. The van der Waals surface area contributed by atoms with E-state index in [1.807, 2.05) is 6.07 Å². The third kappa shape index (κ3) is 3.35. The van der Waals surface area contributed by atoms with Crippen LogP contribution in [0.2, 0.25) is 0 Å². The third-order valence-corrected chi connectivity index (χ3v) is 2.40. The summed E-state index contributed by atoms with van der Waals surface area (Å²) >= 11 is 0. The maximum absolute atomic E-state index is 11.7. The molecule has 19 heavy (non-hydrogen) atoms. The molecular formula is C13H12N4O2. The summed E-state index contributed by atoms with van der Waals surface area (Å²) in [6, 6.07) is 8.16. The summed E-state index contributed by atoms with van der Waals surface area (Å²) in [4.78, 5) is 27.0. The normalized spacial score (nSPS) is 10.6. The molecule has 0 aromatic carbocycles. The van der Waals surface area contributed by atoms with Crippen molar-refractivity contribution in [3.05, 3.63) is 64.3 Å². The van der Waals surface area contributed by atoms with Crippen molar-refractivity contribution in [3.63, 3.8) is 0 Å². The molecule has 2 aromatic heterocycles. The number of amides is 1. The van der Waals surface area contributed by atoms with Gasteiger partial charge in [0.2, 0.25) is 5.56 Å². The van der Waals surface area contributed by atoms with Crippen molar-refractivity contribution in [3.8, 4) is 0 Å². The maximum atomic E-state index is 11.7. The van der Waals surface area contributed by atoms with E-state index in [0.717, 1.165) is 0 Å². The van der Waals surface area contributed by atoms with Gasteiger partial charge in [0.15, 0.2) is 0 Å². The van der Waals surface area contributed by atoms with Gasteiger partial charge in [0.25, 0.3) is 5.91 Å². The van der Waals surface area contributed by atoms with Crippen molar-refractivity contribution in [1.29, 1.82) is 0 Å². The predicted molar refractivity (Wildman–Crippen MR) is 71.0 cm³/mol. The van der Waals surface area contributed by atoms with Crippen molar-refractivity contribution >= 4 is 12.1 Å². The highest BCUT2D eigenvalue weighted by molar-refractivity contribution is 5.94. The first-order valence-electron chi connectivity index (χ1n) is 5.58. The predicted octanol–water partition coefficient (Wildman–Crippen LogP) is 0.544. The van der Waals surface area contributed by atoms with Crippen LogP contribution in [0.15, 0.2) is 52.6 Å². The molecule has 0 aliphatic heterocycles. The summed E-state index contributed by atoms with van der Waals surface area (Å²) in [6.07, 6.45) is 4.53. The number of pyridine rings is 2. The average molecular weight is 256 g/mol. The van der Waals surface area contributed by atoms with Gasteiger partial charge in [0, 0.05) is 25.5 Å². The minimum Gasteiger partial charge on any atom is -0.318 e. The van der Waals surface area contributed by atoms with E-state index < -0.39 is 0 Å². The molecule has 2 aromatic rings. The molecule has 0 saturated heterocycles. The topological polar surface area (TPSA) is 76.3 Å². The Morgan fingerprint density at radius 3 is 2.89 bits per heavy atom. The summed E-state index contributed by atoms with van der Waals surface area (Å²) in [5, 5.41) is 3.80. The van der Waals surface area contributed by atoms with Crippen LogP contribution in [0.1, 0.15) is 16.1 Å². The molecular weight excluding hydrogens is 244 g/mol. The van der Waals surface area contributed by atoms with E-state index in [2.05, 4.69) is 15.5 Å². The number of carbonyl (C=O) groups is 1. The lowest BCUT2D eigenvalue weighted by Gasteiger charge is -2.01. The minimum absolute atomic E-state index is 0.173. The van der Waals surface area contributed by atoms with Gasteiger partial charge in [-0.3, -0.25) is 14.6 Å². The number of carbonyl (C=O) groups excluding carboxylic acids is 1. The van der Waals surface area contributed by atoms with Gasteiger partial charge in [-0.2, -0.15) is 5.10 Å². The van der Waals surface area contributed by atoms with Gasteiger partial charge in [-0.15, -0.1) is 0 Å². The molecule has 0 radical (unpaired) electrons. The van der Waals surface area contributed by atoms with Crippen LogP contribution < -0.4 is 11.0 Å². The lowest BCUT2D eigenvalue weighted by Crippen LogP contribution is -2.22. The Morgan fingerprint density at radius 1 is 1.37 bits per heavy atom. The second kappa shape index (κ2) is 5.72. The lowest BCUT2D eigenvalue weighted by atomic mass is 10.3. The van der Waals surface area contributed by atoms with Crippen LogP contribution in [0.25, 0.3) is 0 Å². The highest BCUT2D eigenvalue weighted by Crippen LogP contribution is 1.94. The largest absolute Gasteiger partial charge is 0.318 e. The Kier molecular flexibility index (Phi) is 3.82. The number of aromatic nitrogens is 2. The quantitative estimate of drug-likeness (QED) is 0.643. The van der Waals surface area contributed by atoms with Crippen molar-refractivity contribution in [2.24, 2.45) is 12.1 Å². The van der Waals surface area contributed by atoms with Gasteiger partial charge in [-0.25, -0.2) is 5.43 Å². The van der Waals surface area contributed by atoms with Gasteiger partial charge >= 0.3 is 0 Å². The highest BCUT2D eigenvalue weighted by Gasteiger charge is 2.04. The first-order valence-corrected chi connectivity index (χ1v) is 5.58. The van der Waals surface area contributed by atoms with Crippen LogP contribution in [0.4, 0.5) is 0 Å². The van der Waals surface area contributed by atoms with E-state index in [1.165, 1.54) is 29.1 Å². The van der Waals surface area contributed by atoms with Gasteiger partial charge in [-0.1, -0.05) is 6.07 Å². The summed E-state index contributed by atoms with van der Waals surface area (Å²) < 4.78 is 1.33. The Hall–Kier alpha value is -2.76. The Labute approximate surface area is 109 Å². The molecule has 0 saturated carbocycles. The van der Waals surface area contributed by atoms with E-state index >= 15 is 0 Å². The molecule has 2 rings (SSSR count). The molecule has 0 atom stereocenters. The first-order chi connectivity index (χ1) is 9.16. The van der Waals surface area contributed by atoms with Crippen LogP contribution in [-0.4, -0.2) is 21.7 Å². The van der Waals surface area contributed by atoms with Crippen LogP contribution in [0.5, 0.6) is 0 Å². The number of nitrogens with one attached hydrogen (secondary N) is 1. The van der Waals surface area contributed by atoms with E-state index in [9.17, 15) is 9.59 Å². The molecule has 6 heteroatoms. The smallest absolute Gasteiger partial charge is 0.272 e. The molecule has 1 amide bonds. The van der Waals surface area contributed by atoms with Gasteiger partial charge in [0.05, 0.1) is 17.5 Å². The summed E-state index contributed by atoms with van der Waals surface area (Å²) in [5.41, 5.74) is 3.20. The van der Waals surface area contributed by atoms with Gasteiger partial charge in [-0.05, 0) is 18.2 Å². The van der Waals surface area contributed by atoms with Crippen molar-refractivity contribution in [2.45, 2.75) is 0 Å². The molecule has 0 spiro atoms. The summed E-state index contributed by atoms with van der Waals surface area (Å²) in [7, 11) is 1.58. The number of hydrogen-bond acceptors (Lipinski definition) is 4.